The van der Waals surface area contributed by atoms with Gasteiger partial charge in [-0.15, -0.1) is 0 Å². The fourth-order valence-electron chi connectivity index (χ4n) is 2.66. The van der Waals surface area contributed by atoms with Crippen molar-refractivity contribution in [1.29, 1.82) is 0 Å². The van der Waals surface area contributed by atoms with E-state index in [2.05, 4.69) is 22.5 Å². The molecule has 0 radical (unpaired) electrons. The zero-order valence-corrected chi connectivity index (χ0v) is 16.2. The van der Waals surface area contributed by atoms with Crippen molar-refractivity contribution in [1.82, 2.24) is 20.5 Å². The van der Waals surface area contributed by atoms with Crippen LogP contribution in [0.1, 0.15) is 42.5 Å². The lowest BCUT2D eigenvalue weighted by atomic mass is 9.99. The number of likely N-dealkylation sites (N-methyl/N-ethyl adjacent to an activating group) is 1. The molecule has 6 heteroatoms. The molecule has 0 aliphatic rings. The molecule has 2 N–H and O–H groups in total. The summed E-state index contributed by atoms with van der Waals surface area (Å²) in [6.45, 7) is 4.74. The number of nitrogens with zero attached hydrogens (tertiary/aromatic N) is 2. The summed E-state index contributed by atoms with van der Waals surface area (Å²) >= 11 is 0. The molecule has 0 unspecified atom stereocenters. The predicted molar refractivity (Wildman–Crippen MR) is 106 cm³/mol. The summed E-state index contributed by atoms with van der Waals surface area (Å²) in [5.74, 6) is -0.156. The zero-order valence-electron chi connectivity index (χ0n) is 16.2. The molecule has 3 amide bonds. The van der Waals surface area contributed by atoms with E-state index in [4.69, 9.17) is 0 Å². The van der Waals surface area contributed by atoms with Crippen molar-refractivity contribution < 1.29 is 9.59 Å². The van der Waals surface area contributed by atoms with E-state index in [1.54, 1.807) is 19.4 Å². The van der Waals surface area contributed by atoms with Crippen molar-refractivity contribution in [2.24, 2.45) is 0 Å². The van der Waals surface area contributed by atoms with Crippen LogP contribution in [0.4, 0.5) is 4.79 Å². The zero-order chi connectivity index (χ0) is 19.6. The van der Waals surface area contributed by atoms with E-state index < -0.39 is 0 Å². The maximum Gasteiger partial charge on any atom is 0.318 e. The number of carbonyl (C=O) groups is 2. The first kappa shape index (κ1) is 20.4. The van der Waals surface area contributed by atoms with Crippen LogP contribution in [0.2, 0.25) is 0 Å². The molecule has 0 aliphatic carbocycles. The highest BCUT2D eigenvalue weighted by Gasteiger charge is 2.20. The van der Waals surface area contributed by atoms with Gasteiger partial charge < -0.3 is 15.5 Å². The summed E-state index contributed by atoms with van der Waals surface area (Å²) in [5.41, 5.74) is 3.06. The largest absolute Gasteiger partial charge is 0.355 e. The molecule has 6 nitrogen and oxygen atoms in total. The molecule has 2 rings (SSSR count). The average molecular weight is 368 g/mol. The van der Waals surface area contributed by atoms with Crippen LogP contribution in [0.25, 0.3) is 0 Å². The van der Waals surface area contributed by atoms with Crippen molar-refractivity contribution in [2.75, 3.05) is 20.1 Å². The molecule has 0 spiro atoms. The molecule has 0 saturated heterocycles. The van der Waals surface area contributed by atoms with Crippen LogP contribution >= 0.6 is 0 Å². The molecule has 1 aromatic carbocycles. The van der Waals surface area contributed by atoms with Crippen molar-refractivity contribution >= 4 is 11.9 Å². The summed E-state index contributed by atoms with van der Waals surface area (Å²) in [6.07, 6.45) is 5.35. The van der Waals surface area contributed by atoms with Gasteiger partial charge in [-0.3, -0.25) is 9.78 Å². The lowest BCUT2D eigenvalue weighted by molar-refractivity contribution is -0.121. The Hall–Kier alpha value is -2.89. The topological polar surface area (TPSA) is 74.3 Å². The first-order chi connectivity index (χ1) is 13.0. The van der Waals surface area contributed by atoms with Gasteiger partial charge >= 0.3 is 6.03 Å². The highest BCUT2D eigenvalue weighted by atomic mass is 16.2. The third-order valence-corrected chi connectivity index (χ3v) is 4.30. The van der Waals surface area contributed by atoms with E-state index in [9.17, 15) is 9.59 Å². The van der Waals surface area contributed by atoms with Gasteiger partial charge in [0, 0.05) is 26.0 Å². The molecular formula is C21H28N4O2. The molecule has 1 heterocycles. The van der Waals surface area contributed by atoms with Gasteiger partial charge in [0.15, 0.2) is 0 Å². The number of carbonyl (C=O) groups excluding carboxylic acids is 2. The number of benzene rings is 1. The third-order valence-electron chi connectivity index (χ3n) is 4.30. The highest BCUT2D eigenvalue weighted by Crippen LogP contribution is 2.22. The molecule has 1 atom stereocenters. The predicted octanol–water partition coefficient (Wildman–Crippen LogP) is 3.04. The van der Waals surface area contributed by atoms with Crippen LogP contribution in [0, 0.1) is 6.92 Å². The van der Waals surface area contributed by atoms with E-state index in [-0.39, 0.29) is 24.5 Å². The normalized spacial score (nSPS) is 11.5. The maximum absolute atomic E-state index is 12.7. The Morgan fingerprint density at radius 3 is 2.33 bits per heavy atom. The monoisotopic (exact) mass is 368 g/mol. The third kappa shape index (κ3) is 6.40. The molecule has 1 aromatic heterocycles. The molecule has 144 valence electrons. The fraction of sp³-hybridized carbons (Fsp3) is 0.381. The number of aromatic nitrogens is 1. The van der Waals surface area contributed by atoms with Crippen LogP contribution in [0.5, 0.6) is 0 Å². The Balaban J connectivity index is 2.07. The second-order valence-electron chi connectivity index (χ2n) is 6.63. The number of hydrogen-bond acceptors (Lipinski definition) is 3. The molecule has 2 aromatic rings. The lowest BCUT2D eigenvalue weighted by Gasteiger charge is -2.24. The minimum absolute atomic E-state index is 0.0203. The number of urea groups is 1. The first-order valence-corrected chi connectivity index (χ1v) is 9.26. The van der Waals surface area contributed by atoms with Gasteiger partial charge in [-0.05, 0) is 36.6 Å². The van der Waals surface area contributed by atoms with Crippen LogP contribution < -0.4 is 10.6 Å². The molecule has 0 aliphatic heterocycles. The number of pyridine rings is 1. The van der Waals surface area contributed by atoms with Crippen molar-refractivity contribution in [3.63, 3.8) is 0 Å². The molecule has 0 fully saturated rings. The number of unbranched alkanes of at least 4 members (excludes halogenated alkanes) is 1. The van der Waals surface area contributed by atoms with Gasteiger partial charge in [0.1, 0.15) is 6.54 Å². The summed E-state index contributed by atoms with van der Waals surface area (Å²) in [7, 11) is 1.62. The van der Waals surface area contributed by atoms with Crippen LogP contribution in [-0.2, 0) is 4.79 Å². The second kappa shape index (κ2) is 10.3. The van der Waals surface area contributed by atoms with Crippen LogP contribution in [-0.4, -0.2) is 42.0 Å². The molecule has 0 bridgehead atoms. The van der Waals surface area contributed by atoms with Gasteiger partial charge in [-0.25, -0.2) is 4.79 Å². The summed E-state index contributed by atoms with van der Waals surface area (Å²) in [4.78, 5) is 30.0. The van der Waals surface area contributed by atoms with Crippen LogP contribution in [0.15, 0.2) is 48.8 Å². The van der Waals surface area contributed by atoms with Crippen LogP contribution in [0.3, 0.4) is 0 Å². The van der Waals surface area contributed by atoms with Crippen molar-refractivity contribution in [3.8, 4) is 0 Å². The Morgan fingerprint density at radius 1 is 1.07 bits per heavy atom. The van der Waals surface area contributed by atoms with E-state index in [1.807, 2.05) is 43.3 Å². The number of rotatable bonds is 8. The van der Waals surface area contributed by atoms with E-state index in [1.165, 1.54) is 4.90 Å². The quantitative estimate of drug-likeness (QED) is 0.703. The number of nitrogens with one attached hydrogen (secondary N) is 2. The van der Waals surface area contributed by atoms with E-state index in [0.717, 1.165) is 29.5 Å². The van der Waals surface area contributed by atoms with Gasteiger partial charge in [-0.2, -0.15) is 0 Å². The minimum Gasteiger partial charge on any atom is -0.355 e. The molecule has 27 heavy (non-hydrogen) atoms. The van der Waals surface area contributed by atoms with Crippen molar-refractivity contribution in [3.05, 3.63) is 65.5 Å². The summed E-state index contributed by atoms with van der Waals surface area (Å²) in [6, 6.07) is 11.2. The van der Waals surface area contributed by atoms with Gasteiger partial charge in [0.05, 0.1) is 6.04 Å². The fourth-order valence-corrected chi connectivity index (χ4v) is 2.66. The smallest absolute Gasteiger partial charge is 0.318 e. The number of aryl methyl sites for hydroxylation is 1. The Kier molecular flexibility index (Phi) is 7.79. The summed E-state index contributed by atoms with van der Waals surface area (Å²) < 4.78 is 0. The van der Waals surface area contributed by atoms with Gasteiger partial charge in [-0.1, -0.05) is 43.2 Å². The Bertz CT molecular complexity index is 732. The van der Waals surface area contributed by atoms with Crippen molar-refractivity contribution in [2.45, 2.75) is 32.7 Å². The number of amides is 3. The Morgan fingerprint density at radius 2 is 1.70 bits per heavy atom. The standard InChI is InChI=1S/C21H28N4O2/c1-4-5-12-23-19(26)15-25(3)21(27)24-20(18-10-13-22-14-11-18)17-8-6-16(2)7-9-17/h6-11,13-14,20H,4-5,12,15H2,1-3H3,(H,23,26)(H,24,27)/t20-/m1/s1. The van der Waals surface area contributed by atoms with E-state index in [0.29, 0.717) is 6.54 Å². The highest BCUT2D eigenvalue weighted by molar-refractivity contribution is 5.84. The number of hydrogen-bond donors (Lipinski definition) is 2. The molecular weight excluding hydrogens is 340 g/mol. The SMILES string of the molecule is CCCCNC(=O)CN(C)C(=O)N[C@@H](c1ccncc1)c1ccc(C)cc1. The lowest BCUT2D eigenvalue weighted by Crippen LogP contribution is -2.44. The van der Waals surface area contributed by atoms with Gasteiger partial charge in [0.25, 0.3) is 0 Å². The Labute approximate surface area is 161 Å². The molecule has 0 saturated carbocycles. The minimum atomic E-state index is -0.313. The van der Waals surface area contributed by atoms with Gasteiger partial charge in [0.2, 0.25) is 5.91 Å². The average Bonchev–Trinajstić information content (AvgIpc) is 2.67. The first-order valence-electron chi connectivity index (χ1n) is 9.26. The van der Waals surface area contributed by atoms with E-state index >= 15 is 0 Å². The second-order valence-corrected chi connectivity index (χ2v) is 6.63. The maximum atomic E-state index is 12.7. The summed E-state index contributed by atoms with van der Waals surface area (Å²) in [5, 5.41) is 5.84.